The van der Waals surface area contributed by atoms with Crippen molar-refractivity contribution in [2.24, 2.45) is 5.73 Å². The second kappa shape index (κ2) is 6.70. The number of carbonyl (C=O) groups is 1. The number of nitrogens with one attached hydrogen (secondary N) is 1. The SMILES string of the molecule is Cc1ccc(OC(C)C(=O)NC2CCCC2)c(CN)n1. The highest BCUT2D eigenvalue weighted by atomic mass is 16.5. The number of aryl methyl sites for hydroxylation is 1. The number of hydrogen-bond acceptors (Lipinski definition) is 4. The van der Waals surface area contributed by atoms with Gasteiger partial charge in [0.1, 0.15) is 5.75 Å². The Labute approximate surface area is 119 Å². The van der Waals surface area contributed by atoms with Gasteiger partial charge in [0.15, 0.2) is 6.10 Å². The molecule has 2 rings (SSSR count). The molecule has 5 nitrogen and oxygen atoms in total. The van der Waals surface area contributed by atoms with Gasteiger partial charge in [-0.05, 0) is 38.8 Å². The molecule has 0 saturated heterocycles. The maximum absolute atomic E-state index is 12.1. The average molecular weight is 277 g/mol. The van der Waals surface area contributed by atoms with Crippen molar-refractivity contribution in [3.05, 3.63) is 23.5 Å². The fraction of sp³-hybridized carbons (Fsp3) is 0.600. The van der Waals surface area contributed by atoms with E-state index in [1.807, 2.05) is 19.1 Å². The fourth-order valence-corrected chi connectivity index (χ4v) is 2.48. The van der Waals surface area contributed by atoms with E-state index in [1.165, 1.54) is 12.8 Å². The largest absolute Gasteiger partial charge is 0.479 e. The first-order chi connectivity index (χ1) is 9.60. The van der Waals surface area contributed by atoms with E-state index in [0.717, 1.165) is 18.5 Å². The number of rotatable bonds is 5. The van der Waals surface area contributed by atoms with Crippen molar-refractivity contribution in [2.45, 2.75) is 58.2 Å². The highest BCUT2D eigenvalue weighted by molar-refractivity contribution is 5.81. The van der Waals surface area contributed by atoms with E-state index in [-0.39, 0.29) is 5.91 Å². The summed E-state index contributed by atoms with van der Waals surface area (Å²) >= 11 is 0. The molecule has 110 valence electrons. The molecule has 0 spiro atoms. The molecule has 1 aromatic heterocycles. The first kappa shape index (κ1) is 14.8. The van der Waals surface area contributed by atoms with Crippen LogP contribution in [-0.4, -0.2) is 23.0 Å². The Bertz CT molecular complexity index is 470. The Morgan fingerprint density at radius 2 is 2.20 bits per heavy atom. The first-order valence-electron chi connectivity index (χ1n) is 7.23. The normalized spacial score (nSPS) is 16.9. The minimum absolute atomic E-state index is 0.0690. The van der Waals surface area contributed by atoms with Gasteiger partial charge in [-0.15, -0.1) is 0 Å². The van der Waals surface area contributed by atoms with Crippen LogP contribution in [0, 0.1) is 6.92 Å². The molecule has 0 bridgehead atoms. The summed E-state index contributed by atoms with van der Waals surface area (Å²) in [4.78, 5) is 16.4. The van der Waals surface area contributed by atoms with Crippen LogP contribution >= 0.6 is 0 Å². The average Bonchev–Trinajstić information content (AvgIpc) is 2.93. The minimum Gasteiger partial charge on any atom is -0.479 e. The van der Waals surface area contributed by atoms with Gasteiger partial charge in [-0.25, -0.2) is 0 Å². The van der Waals surface area contributed by atoms with Gasteiger partial charge in [-0.3, -0.25) is 9.78 Å². The first-order valence-corrected chi connectivity index (χ1v) is 7.23. The Hall–Kier alpha value is -1.62. The lowest BCUT2D eigenvalue weighted by Crippen LogP contribution is -2.41. The zero-order chi connectivity index (χ0) is 14.5. The van der Waals surface area contributed by atoms with E-state index in [0.29, 0.717) is 24.0 Å². The third kappa shape index (κ3) is 3.70. The lowest BCUT2D eigenvalue weighted by atomic mass is 10.2. The van der Waals surface area contributed by atoms with Crippen molar-refractivity contribution in [1.82, 2.24) is 10.3 Å². The summed E-state index contributed by atoms with van der Waals surface area (Å²) < 4.78 is 5.71. The standard InChI is InChI=1S/C15H23N3O2/c1-10-7-8-14(13(9-16)17-10)20-11(2)15(19)18-12-5-3-4-6-12/h7-8,11-12H,3-6,9,16H2,1-2H3,(H,18,19). The van der Waals surface area contributed by atoms with E-state index in [9.17, 15) is 4.79 Å². The number of ether oxygens (including phenoxy) is 1. The van der Waals surface area contributed by atoms with Crippen LogP contribution in [-0.2, 0) is 11.3 Å². The Morgan fingerprint density at radius 3 is 2.85 bits per heavy atom. The second-order valence-electron chi connectivity index (χ2n) is 5.35. The van der Waals surface area contributed by atoms with Gasteiger partial charge in [0.05, 0.1) is 5.69 Å². The fourth-order valence-electron chi connectivity index (χ4n) is 2.48. The number of carbonyl (C=O) groups excluding carboxylic acids is 1. The van der Waals surface area contributed by atoms with Crippen LogP contribution in [0.25, 0.3) is 0 Å². The summed E-state index contributed by atoms with van der Waals surface area (Å²) in [6.45, 7) is 3.96. The molecule has 1 atom stereocenters. The highest BCUT2D eigenvalue weighted by Gasteiger charge is 2.22. The molecular formula is C15H23N3O2. The summed E-state index contributed by atoms with van der Waals surface area (Å²) in [5, 5.41) is 3.03. The molecule has 1 unspecified atom stereocenters. The molecule has 0 aromatic carbocycles. The maximum atomic E-state index is 12.1. The molecule has 1 aromatic rings. The number of nitrogens with two attached hydrogens (primary N) is 1. The zero-order valence-electron chi connectivity index (χ0n) is 12.2. The van der Waals surface area contributed by atoms with Crippen LogP contribution in [0.4, 0.5) is 0 Å². The van der Waals surface area contributed by atoms with Gasteiger partial charge in [-0.1, -0.05) is 12.8 Å². The zero-order valence-corrected chi connectivity index (χ0v) is 12.2. The molecule has 5 heteroatoms. The lowest BCUT2D eigenvalue weighted by Gasteiger charge is -2.19. The smallest absolute Gasteiger partial charge is 0.260 e. The van der Waals surface area contributed by atoms with Crippen molar-refractivity contribution < 1.29 is 9.53 Å². The van der Waals surface area contributed by atoms with E-state index in [2.05, 4.69) is 10.3 Å². The molecule has 0 aliphatic heterocycles. The summed E-state index contributed by atoms with van der Waals surface area (Å²) in [7, 11) is 0. The maximum Gasteiger partial charge on any atom is 0.260 e. The predicted molar refractivity (Wildman–Crippen MR) is 77.4 cm³/mol. The minimum atomic E-state index is -0.537. The van der Waals surface area contributed by atoms with Gasteiger partial charge >= 0.3 is 0 Å². The monoisotopic (exact) mass is 277 g/mol. The van der Waals surface area contributed by atoms with Gasteiger partial charge in [0.25, 0.3) is 5.91 Å². The summed E-state index contributed by atoms with van der Waals surface area (Å²) in [6.07, 6.45) is 3.99. The van der Waals surface area contributed by atoms with Gasteiger partial charge in [0, 0.05) is 18.3 Å². The van der Waals surface area contributed by atoms with E-state index >= 15 is 0 Å². The van der Waals surface area contributed by atoms with Crippen molar-refractivity contribution in [1.29, 1.82) is 0 Å². The van der Waals surface area contributed by atoms with E-state index < -0.39 is 6.10 Å². The van der Waals surface area contributed by atoms with Gasteiger partial charge < -0.3 is 15.8 Å². The van der Waals surface area contributed by atoms with Crippen molar-refractivity contribution in [3.8, 4) is 5.75 Å². The number of amides is 1. The molecule has 3 N–H and O–H groups in total. The highest BCUT2D eigenvalue weighted by Crippen LogP contribution is 2.20. The molecular weight excluding hydrogens is 254 g/mol. The summed E-state index contributed by atoms with van der Waals surface area (Å²) in [6, 6.07) is 3.98. The number of nitrogens with zero attached hydrogens (tertiary/aromatic N) is 1. The summed E-state index contributed by atoms with van der Waals surface area (Å²) in [5.74, 6) is 0.521. The third-order valence-electron chi connectivity index (χ3n) is 3.64. The predicted octanol–water partition coefficient (Wildman–Crippen LogP) is 1.67. The van der Waals surface area contributed by atoms with Crippen LogP contribution in [0.2, 0.25) is 0 Å². The van der Waals surface area contributed by atoms with Crippen LogP contribution in [0.1, 0.15) is 44.0 Å². The Balaban J connectivity index is 1.96. The third-order valence-corrected chi connectivity index (χ3v) is 3.64. The molecule has 1 heterocycles. The van der Waals surface area contributed by atoms with Crippen molar-refractivity contribution in [2.75, 3.05) is 0 Å². The van der Waals surface area contributed by atoms with Crippen LogP contribution in [0.15, 0.2) is 12.1 Å². The number of aromatic nitrogens is 1. The molecule has 1 amide bonds. The van der Waals surface area contributed by atoms with Crippen LogP contribution < -0.4 is 15.8 Å². The molecule has 20 heavy (non-hydrogen) atoms. The second-order valence-corrected chi connectivity index (χ2v) is 5.35. The number of hydrogen-bond donors (Lipinski definition) is 2. The topological polar surface area (TPSA) is 77.2 Å². The van der Waals surface area contributed by atoms with Gasteiger partial charge in [-0.2, -0.15) is 0 Å². The van der Waals surface area contributed by atoms with Crippen molar-refractivity contribution >= 4 is 5.91 Å². The Kier molecular flexibility index (Phi) is 4.95. The summed E-state index contributed by atoms with van der Waals surface area (Å²) in [5.41, 5.74) is 7.24. The lowest BCUT2D eigenvalue weighted by molar-refractivity contribution is -0.128. The molecule has 1 saturated carbocycles. The molecule has 1 fully saturated rings. The Morgan fingerprint density at radius 1 is 1.50 bits per heavy atom. The molecule has 1 aliphatic rings. The quantitative estimate of drug-likeness (QED) is 0.858. The van der Waals surface area contributed by atoms with Crippen molar-refractivity contribution in [3.63, 3.8) is 0 Å². The van der Waals surface area contributed by atoms with E-state index in [4.69, 9.17) is 10.5 Å². The molecule has 1 aliphatic carbocycles. The van der Waals surface area contributed by atoms with E-state index in [1.54, 1.807) is 6.92 Å². The van der Waals surface area contributed by atoms with Crippen LogP contribution in [0.3, 0.4) is 0 Å². The van der Waals surface area contributed by atoms with Crippen LogP contribution in [0.5, 0.6) is 5.75 Å². The number of pyridine rings is 1. The van der Waals surface area contributed by atoms with Gasteiger partial charge in [0.2, 0.25) is 0 Å². The molecule has 0 radical (unpaired) electrons.